The van der Waals surface area contributed by atoms with Gasteiger partial charge in [-0.3, -0.25) is 4.79 Å². The first-order chi connectivity index (χ1) is 12.9. The molecule has 27 heavy (non-hydrogen) atoms. The van der Waals surface area contributed by atoms with Crippen LogP contribution in [-0.2, 0) is 21.2 Å². The summed E-state index contributed by atoms with van der Waals surface area (Å²) < 4.78 is 27.8. The highest BCUT2D eigenvalue weighted by atomic mass is 32.2. The number of amides is 1. The maximum absolute atomic E-state index is 13.3. The van der Waals surface area contributed by atoms with Crippen molar-refractivity contribution in [1.82, 2.24) is 4.31 Å². The topological polar surface area (TPSA) is 57.7 Å². The van der Waals surface area contributed by atoms with Crippen molar-refractivity contribution in [2.45, 2.75) is 43.4 Å². The first kappa shape index (κ1) is 18.7. The van der Waals surface area contributed by atoms with Crippen LogP contribution in [0.1, 0.15) is 30.2 Å². The molecule has 2 aliphatic rings. The fourth-order valence-electron chi connectivity index (χ4n) is 4.14. The predicted octanol–water partition coefficient (Wildman–Crippen LogP) is 3.44. The number of benzene rings is 1. The number of nitrogens with zero attached hydrogens (tertiary/aromatic N) is 2. The van der Waals surface area contributed by atoms with Crippen LogP contribution in [0.25, 0.3) is 0 Å². The molecule has 1 amide bonds. The number of carbonyl (C=O) groups is 1. The third kappa shape index (κ3) is 3.32. The molecular weight excluding hydrogens is 380 g/mol. The van der Waals surface area contributed by atoms with Gasteiger partial charge in [0.1, 0.15) is 4.21 Å². The van der Waals surface area contributed by atoms with E-state index in [1.165, 1.54) is 21.2 Å². The fraction of sp³-hybridized carbons (Fsp3) is 0.450. The van der Waals surface area contributed by atoms with E-state index in [2.05, 4.69) is 13.0 Å². The molecule has 2 atom stereocenters. The first-order valence-electron chi connectivity index (χ1n) is 9.35. The monoisotopic (exact) mass is 404 g/mol. The number of rotatable bonds is 3. The van der Waals surface area contributed by atoms with Crippen LogP contribution in [0.2, 0.25) is 0 Å². The molecule has 2 aliphatic heterocycles. The lowest BCUT2D eigenvalue weighted by molar-refractivity contribution is -0.123. The number of carbonyl (C=O) groups excluding carboxylic acids is 1. The predicted molar refractivity (Wildman–Crippen MR) is 108 cm³/mol. The summed E-state index contributed by atoms with van der Waals surface area (Å²) in [7, 11) is -3.52. The SMILES string of the molecule is Cc1ccc(S(=O)(=O)N2CCC[C@H](C(=O)N3c4ccccc4C[C@@H]3C)C2)s1. The number of para-hydroxylation sites is 1. The summed E-state index contributed by atoms with van der Waals surface area (Å²) >= 11 is 1.29. The number of piperidine rings is 1. The van der Waals surface area contributed by atoms with Gasteiger partial charge in [0.2, 0.25) is 5.91 Å². The zero-order valence-electron chi connectivity index (χ0n) is 15.6. The molecular formula is C20H24N2O3S2. The van der Waals surface area contributed by atoms with Crippen molar-refractivity contribution in [3.63, 3.8) is 0 Å². The number of aryl methyl sites for hydroxylation is 1. The Hall–Kier alpha value is -1.70. The van der Waals surface area contributed by atoms with Crippen LogP contribution in [0.4, 0.5) is 5.69 Å². The Balaban J connectivity index is 1.56. The number of sulfonamides is 1. The Labute approximate surface area is 164 Å². The summed E-state index contributed by atoms with van der Waals surface area (Å²) in [6.07, 6.45) is 2.30. The maximum atomic E-state index is 13.3. The molecule has 1 aromatic carbocycles. The highest BCUT2D eigenvalue weighted by Crippen LogP contribution is 2.35. The lowest BCUT2D eigenvalue weighted by Crippen LogP contribution is -2.48. The van der Waals surface area contributed by atoms with Crippen molar-refractivity contribution >= 4 is 33.0 Å². The fourth-order valence-corrected chi connectivity index (χ4v) is 7.10. The van der Waals surface area contributed by atoms with E-state index in [-0.39, 0.29) is 24.4 Å². The van der Waals surface area contributed by atoms with Gasteiger partial charge in [-0.15, -0.1) is 11.3 Å². The Morgan fingerprint density at radius 1 is 1.19 bits per heavy atom. The average molecular weight is 405 g/mol. The molecule has 2 aromatic rings. The molecule has 0 radical (unpaired) electrons. The summed E-state index contributed by atoms with van der Waals surface area (Å²) in [4.78, 5) is 16.1. The zero-order chi connectivity index (χ0) is 19.2. The number of fused-ring (bicyclic) bond motifs is 1. The summed E-state index contributed by atoms with van der Waals surface area (Å²) in [5.74, 6) is -0.238. The molecule has 0 saturated carbocycles. The molecule has 5 nitrogen and oxygen atoms in total. The lowest BCUT2D eigenvalue weighted by atomic mass is 9.97. The van der Waals surface area contributed by atoms with Crippen LogP contribution in [0, 0.1) is 12.8 Å². The van der Waals surface area contributed by atoms with Gasteiger partial charge in [0.25, 0.3) is 10.0 Å². The number of anilines is 1. The van der Waals surface area contributed by atoms with Crippen LogP contribution in [0.3, 0.4) is 0 Å². The minimum Gasteiger partial charge on any atom is -0.309 e. The van der Waals surface area contributed by atoms with Gasteiger partial charge in [0.05, 0.1) is 5.92 Å². The molecule has 1 saturated heterocycles. The second kappa shape index (κ2) is 7.04. The van der Waals surface area contributed by atoms with E-state index in [1.807, 2.05) is 36.1 Å². The van der Waals surface area contributed by atoms with Gasteiger partial charge in [0.15, 0.2) is 0 Å². The van der Waals surface area contributed by atoms with Crippen LogP contribution in [0.15, 0.2) is 40.6 Å². The van der Waals surface area contributed by atoms with E-state index in [0.29, 0.717) is 17.2 Å². The highest BCUT2D eigenvalue weighted by Gasteiger charge is 2.39. The largest absolute Gasteiger partial charge is 0.309 e. The highest BCUT2D eigenvalue weighted by molar-refractivity contribution is 7.91. The van der Waals surface area contributed by atoms with Gasteiger partial charge in [-0.1, -0.05) is 18.2 Å². The molecule has 7 heteroatoms. The third-order valence-corrected chi connectivity index (χ3v) is 8.82. The minimum absolute atomic E-state index is 0.0507. The molecule has 0 unspecified atom stereocenters. The normalized spacial score (nSPS) is 23.4. The summed E-state index contributed by atoms with van der Waals surface area (Å²) in [5.41, 5.74) is 2.16. The molecule has 0 N–H and O–H groups in total. The molecule has 144 valence electrons. The second-order valence-corrected chi connectivity index (χ2v) is 10.9. The summed E-state index contributed by atoms with van der Waals surface area (Å²) in [6, 6.07) is 11.6. The standard InChI is InChI=1S/C20H24N2O3S2/c1-14-12-16-6-3-4-8-18(16)22(14)20(23)17-7-5-11-21(13-17)27(24,25)19-10-9-15(2)26-19/h3-4,6,8-10,14,17H,5,7,11-13H2,1-2H3/t14-,17-/m0/s1. The van der Waals surface area contributed by atoms with Gasteiger partial charge in [-0.05, 0) is 56.9 Å². The molecule has 1 fully saturated rings. The molecule has 4 rings (SSSR count). The van der Waals surface area contributed by atoms with Gasteiger partial charge in [-0.25, -0.2) is 8.42 Å². The van der Waals surface area contributed by atoms with E-state index >= 15 is 0 Å². The first-order valence-corrected chi connectivity index (χ1v) is 11.6. The number of hydrogen-bond donors (Lipinski definition) is 0. The molecule has 0 spiro atoms. The third-order valence-electron chi connectivity index (χ3n) is 5.49. The Morgan fingerprint density at radius 3 is 2.70 bits per heavy atom. The zero-order valence-corrected chi connectivity index (χ0v) is 17.2. The van der Waals surface area contributed by atoms with Crippen molar-refractivity contribution in [2.24, 2.45) is 5.92 Å². The van der Waals surface area contributed by atoms with Crippen molar-refractivity contribution in [3.05, 3.63) is 46.8 Å². The van der Waals surface area contributed by atoms with E-state index in [1.54, 1.807) is 6.07 Å². The van der Waals surface area contributed by atoms with Gasteiger partial charge in [0, 0.05) is 29.7 Å². The van der Waals surface area contributed by atoms with Gasteiger partial charge >= 0.3 is 0 Å². The quantitative estimate of drug-likeness (QED) is 0.787. The molecule has 3 heterocycles. The molecule has 0 aliphatic carbocycles. The number of hydrogen-bond acceptors (Lipinski definition) is 4. The van der Waals surface area contributed by atoms with Crippen LogP contribution < -0.4 is 4.90 Å². The van der Waals surface area contributed by atoms with E-state index in [9.17, 15) is 13.2 Å². The summed E-state index contributed by atoms with van der Waals surface area (Å²) in [5, 5.41) is 0. The van der Waals surface area contributed by atoms with Crippen molar-refractivity contribution in [2.75, 3.05) is 18.0 Å². The Bertz CT molecular complexity index is 967. The average Bonchev–Trinajstić information content (AvgIpc) is 3.24. The van der Waals surface area contributed by atoms with Crippen LogP contribution in [0.5, 0.6) is 0 Å². The summed E-state index contributed by atoms with van der Waals surface area (Å²) in [6.45, 7) is 4.71. The second-order valence-electron chi connectivity index (χ2n) is 7.46. The van der Waals surface area contributed by atoms with Crippen molar-refractivity contribution < 1.29 is 13.2 Å². The smallest absolute Gasteiger partial charge is 0.252 e. The van der Waals surface area contributed by atoms with E-state index < -0.39 is 10.0 Å². The Morgan fingerprint density at radius 2 is 1.96 bits per heavy atom. The minimum atomic E-state index is -3.52. The molecule has 1 aromatic heterocycles. The van der Waals surface area contributed by atoms with Crippen LogP contribution in [-0.4, -0.2) is 37.8 Å². The molecule has 0 bridgehead atoms. The van der Waals surface area contributed by atoms with Gasteiger partial charge in [-0.2, -0.15) is 4.31 Å². The van der Waals surface area contributed by atoms with Crippen molar-refractivity contribution in [1.29, 1.82) is 0 Å². The lowest BCUT2D eigenvalue weighted by Gasteiger charge is -2.34. The van der Waals surface area contributed by atoms with Crippen LogP contribution >= 0.6 is 11.3 Å². The van der Waals surface area contributed by atoms with E-state index in [0.717, 1.165) is 23.4 Å². The number of thiophene rings is 1. The maximum Gasteiger partial charge on any atom is 0.252 e. The van der Waals surface area contributed by atoms with E-state index in [4.69, 9.17) is 0 Å². The van der Waals surface area contributed by atoms with Gasteiger partial charge < -0.3 is 4.90 Å². The Kier molecular flexibility index (Phi) is 4.86. The van der Waals surface area contributed by atoms with Crippen molar-refractivity contribution in [3.8, 4) is 0 Å².